The zero-order chi connectivity index (χ0) is 11.3. The molecule has 0 aromatic rings. The Morgan fingerprint density at radius 1 is 1.47 bits per heavy atom. The number of ether oxygens (including phenoxy) is 2. The highest BCUT2D eigenvalue weighted by Crippen LogP contribution is 2.25. The van der Waals surface area contributed by atoms with E-state index in [0.29, 0.717) is 19.7 Å². The van der Waals surface area contributed by atoms with E-state index in [-0.39, 0.29) is 13.2 Å². The third-order valence-corrected chi connectivity index (χ3v) is 2.34. The molecule has 3 nitrogen and oxygen atoms in total. The molecule has 0 spiro atoms. The van der Waals surface area contributed by atoms with Gasteiger partial charge in [0.25, 0.3) is 0 Å². The van der Waals surface area contributed by atoms with E-state index >= 15 is 0 Å². The second kappa shape index (κ2) is 5.67. The van der Waals surface area contributed by atoms with Crippen molar-refractivity contribution in [3.63, 3.8) is 0 Å². The minimum atomic E-state index is -4.25. The van der Waals surface area contributed by atoms with Gasteiger partial charge in [-0.15, -0.1) is 0 Å². The van der Waals surface area contributed by atoms with Crippen LogP contribution >= 0.6 is 0 Å². The number of methoxy groups -OCH3 is 1. The first-order valence-electron chi connectivity index (χ1n) is 4.93. The summed E-state index contributed by atoms with van der Waals surface area (Å²) < 4.78 is 46.5. The lowest BCUT2D eigenvalue weighted by Crippen LogP contribution is -2.49. The molecule has 0 aromatic carbocycles. The Morgan fingerprint density at radius 3 is 2.80 bits per heavy atom. The lowest BCUT2D eigenvalue weighted by molar-refractivity contribution is -0.237. The number of hydrogen-bond acceptors (Lipinski definition) is 3. The molecule has 1 atom stereocenters. The minimum absolute atomic E-state index is 0.0623. The van der Waals surface area contributed by atoms with Crippen LogP contribution in [0.4, 0.5) is 13.2 Å². The smallest absolute Gasteiger partial charge is 0.385 e. The van der Waals surface area contributed by atoms with Crippen LogP contribution in [-0.2, 0) is 9.47 Å². The van der Waals surface area contributed by atoms with Crippen LogP contribution in [0.15, 0.2) is 0 Å². The predicted molar refractivity (Wildman–Crippen MR) is 48.7 cm³/mol. The van der Waals surface area contributed by atoms with Gasteiger partial charge >= 0.3 is 6.18 Å². The van der Waals surface area contributed by atoms with Gasteiger partial charge in [0.2, 0.25) is 0 Å². The summed E-state index contributed by atoms with van der Waals surface area (Å²) in [5.74, 6) is 0. The first-order chi connectivity index (χ1) is 7.04. The first kappa shape index (κ1) is 12.7. The molecule has 0 bridgehead atoms. The Bertz CT molecular complexity index is 187. The standard InChI is InChI=1S/C9H16F3NO2/c1-14-5-2-3-13-4-6-15-8(7-13)9(10,11)12/h8H,2-7H2,1H3. The van der Waals surface area contributed by atoms with E-state index in [1.807, 2.05) is 0 Å². The van der Waals surface area contributed by atoms with E-state index in [1.165, 1.54) is 0 Å². The number of morpholine rings is 1. The third kappa shape index (κ3) is 4.36. The molecule has 1 saturated heterocycles. The summed E-state index contributed by atoms with van der Waals surface area (Å²) in [5, 5.41) is 0. The van der Waals surface area contributed by atoms with Gasteiger partial charge in [0.1, 0.15) is 0 Å². The van der Waals surface area contributed by atoms with Gasteiger partial charge in [-0.05, 0) is 6.42 Å². The Kier molecular flexibility index (Phi) is 4.82. The van der Waals surface area contributed by atoms with Crippen molar-refractivity contribution in [2.75, 3.05) is 40.0 Å². The Labute approximate surface area is 87.1 Å². The SMILES string of the molecule is COCCCN1CCOC(C(F)(F)F)C1. The summed E-state index contributed by atoms with van der Waals surface area (Å²) in [6.07, 6.45) is -5.13. The van der Waals surface area contributed by atoms with E-state index in [4.69, 9.17) is 4.74 Å². The monoisotopic (exact) mass is 227 g/mol. The van der Waals surface area contributed by atoms with Crippen LogP contribution in [0.3, 0.4) is 0 Å². The average molecular weight is 227 g/mol. The highest BCUT2D eigenvalue weighted by molar-refractivity contribution is 4.77. The van der Waals surface area contributed by atoms with Crippen molar-refractivity contribution in [3.8, 4) is 0 Å². The molecular weight excluding hydrogens is 211 g/mol. The van der Waals surface area contributed by atoms with Gasteiger partial charge in [0.15, 0.2) is 6.10 Å². The van der Waals surface area contributed by atoms with Crippen LogP contribution in [-0.4, -0.2) is 57.1 Å². The average Bonchev–Trinajstić information content (AvgIpc) is 2.17. The van der Waals surface area contributed by atoms with Crippen molar-refractivity contribution in [2.45, 2.75) is 18.7 Å². The van der Waals surface area contributed by atoms with Crippen LogP contribution < -0.4 is 0 Å². The van der Waals surface area contributed by atoms with Crippen LogP contribution in [0.25, 0.3) is 0 Å². The van der Waals surface area contributed by atoms with E-state index in [2.05, 4.69) is 4.74 Å². The Balaban J connectivity index is 2.29. The summed E-state index contributed by atoms with van der Waals surface area (Å²) in [4.78, 5) is 1.76. The molecule has 0 N–H and O–H groups in total. The number of alkyl halides is 3. The predicted octanol–water partition coefficient (Wildman–Crippen LogP) is 1.29. The molecule has 0 aliphatic carbocycles. The van der Waals surface area contributed by atoms with Crippen molar-refractivity contribution in [1.82, 2.24) is 4.90 Å². The van der Waals surface area contributed by atoms with Crippen LogP contribution in [0.2, 0.25) is 0 Å². The fourth-order valence-corrected chi connectivity index (χ4v) is 1.54. The summed E-state index contributed by atoms with van der Waals surface area (Å²) >= 11 is 0. The lowest BCUT2D eigenvalue weighted by atomic mass is 10.2. The molecule has 0 amide bonds. The van der Waals surface area contributed by atoms with Crippen molar-refractivity contribution in [2.24, 2.45) is 0 Å². The lowest BCUT2D eigenvalue weighted by Gasteiger charge is -2.33. The minimum Gasteiger partial charge on any atom is -0.385 e. The van der Waals surface area contributed by atoms with Crippen LogP contribution in [0, 0.1) is 0 Å². The third-order valence-electron chi connectivity index (χ3n) is 2.34. The molecule has 1 unspecified atom stereocenters. The normalized spacial score (nSPS) is 24.4. The van der Waals surface area contributed by atoms with Crippen molar-refractivity contribution in [3.05, 3.63) is 0 Å². The van der Waals surface area contributed by atoms with E-state index < -0.39 is 12.3 Å². The Hall–Kier alpha value is -0.330. The van der Waals surface area contributed by atoms with Crippen molar-refractivity contribution in [1.29, 1.82) is 0 Å². The van der Waals surface area contributed by atoms with Gasteiger partial charge in [-0.2, -0.15) is 13.2 Å². The van der Waals surface area contributed by atoms with E-state index in [0.717, 1.165) is 6.42 Å². The highest BCUT2D eigenvalue weighted by Gasteiger charge is 2.43. The summed E-state index contributed by atoms with van der Waals surface area (Å²) in [7, 11) is 1.58. The number of nitrogens with zero attached hydrogens (tertiary/aromatic N) is 1. The van der Waals surface area contributed by atoms with Gasteiger partial charge in [-0.25, -0.2) is 0 Å². The summed E-state index contributed by atoms with van der Waals surface area (Å²) in [6, 6.07) is 0. The maximum Gasteiger partial charge on any atom is 0.415 e. The number of hydrogen-bond donors (Lipinski definition) is 0. The number of rotatable bonds is 4. The molecule has 1 fully saturated rings. The summed E-state index contributed by atoms with van der Waals surface area (Å²) in [5.41, 5.74) is 0. The molecule has 1 heterocycles. The van der Waals surface area contributed by atoms with Crippen LogP contribution in [0.1, 0.15) is 6.42 Å². The molecular formula is C9H16F3NO2. The largest absolute Gasteiger partial charge is 0.415 e. The summed E-state index contributed by atoms with van der Waals surface area (Å²) in [6.45, 7) is 1.86. The number of halogens is 3. The first-order valence-corrected chi connectivity index (χ1v) is 4.93. The fourth-order valence-electron chi connectivity index (χ4n) is 1.54. The zero-order valence-corrected chi connectivity index (χ0v) is 8.72. The van der Waals surface area contributed by atoms with Gasteiger partial charge < -0.3 is 9.47 Å². The molecule has 0 radical (unpaired) electrons. The van der Waals surface area contributed by atoms with Crippen molar-refractivity contribution >= 4 is 0 Å². The second-order valence-corrected chi connectivity index (χ2v) is 3.55. The molecule has 15 heavy (non-hydrogen) atoms. The molecule has 1 aliphatic heterocycles. The van der Waals surface area contributed by atoms with E-state index in [1.54, 1.807) is 12.0 Å². The second-order valence-electron chi connectivity index (χ2n) is 3.55. The zero-order valence-electron chi connectivity index (χ0n) is 8.72. The van der Waals surface area contributed by atoms with Crippen LogP contribution in [0.5, 0.6) is 0 Å². The Morgan fingerprint density at radius 2 is 2.20 bits per heavy atom. The van der Waals surface area contributed by atoms with Crippen molar-refractivity contribution < 1.29 is 22.6 Å². The van der Waals surface area contributed by atoms with Gasteiger partial charge in [0, 0.05) is 33.4 Å². The molecule has 6 heteroatoms. The quantitative estimate of drug-likeness (QED) is 0.675. The topological polar surface area (TPSA) is 21.7 Å². The van der Waals surface area contributed by atoms with E-state index in [9.17, 15) is 13.2 Å². The molecule has 0 saturated carbocycles. The van der Waals surface area contributed by atoms with Gasteiger partial charge in [-0.1, -0.05) is 0 Å². The molecule has 1 rings (SSSR count). The fraction of sp³-hybridized carbons (Fsp3) is 1.00. The van der Waals surface area contributed by atoms with Gasteiger partial charge in [-0.3, -0.25) is 4.90 Å². The maximum atomic E-state index is 12.3. The van der Waals surface area contributed by atoms with Gasteiger partial charge in [0.05, 0.1) is 6.61 Å². The molecule has 90 valence electrons. The maximum absolute atomic E-state index is 12.3. The molecule has 0 aromatic heterocycles. The highest BCUT2D eigenvalue weighted by atomic mass is 19.4. The molecule has 1 aliphatic rings.